The van der Waals surface area contributed by atoms with E-state index >= 15 is 0 Å². The van der Waals surface area contributed by atoms with Crippen molar-refractivity contribution < 1.29 is 42.5 Å². The normalized spacial score (nSPS) is 10.8. The number of hydrogen-bond acceptors (Lipinski definition) is 4. The second kappa shape index (κ2) is 4.83. The molecule has 2 N–H and O–H groups in total. The van der Waals surface area contributed by atoms with E-state index in [-0.39, 0.29) is 50.7 Å². The van der Waals surface area contributed by atoms with Gasteiger partial charge < -0.3 is 10.3 Å². The van der Waals surface area contributed by atoms with Gasteiger partial charge in [-0.2, -0.15) is 0 Å². The zero-order chi connectivity index (χ0) is 10.2. The first-order valence-corrected chi connectivity index (χ1v) is 5.13. The fourth-order valence-electron chi connectivity index (χ4n) is 0.959. The van der Waals surface area contributed by atoms with Crippen LogP contribution in [0, 0.1) is 6.92 Å². The van der Waals surface area contributed by atoms with Crippen LogP contribution in [-0.4, -0.2) is 13.0 Å². The van der Waals surface area contributed by atoms with Crippen molar-refractivity contribution in [3.8, 4) is 0 Å². The Bertz CT molecular complexity index is 446. The number of hydrogen-bond donors (Lipinski definition) is 1. The van der Waals surface area contributed by atoms with Gasteiger partial charge in [-0.15, -0.1) is 0 Å². The van der Waals surface area contributed by atoms with Gasteiger partial charge in [0.2, 0.25) is 0 Å². The summed E-state index contributed by atoms with van der Waals surface area (Å²) in [5, 5.41) is 0.108. The average molecular weight is 244 g/mol. The first-order valence-electron chi connectivity index (χ1n) is 3.34. The number of nitrogens with two attached hydrogens (primary N) is 1. The molecule has 1 aromatic carbocycles. The molecule has 0 unspecified atom stereocenters. The van der Waals surface area contributed by atoms with Crippen LogP contribution in [0.2, 0.25) is 5.02 Å². The minimum atomic E-state index is -4.46. The van der Waals surface area contributed by atoms with Crippen molar-refractivity contribution in [2.24, 2.45) is 0 Å². The molecule has 0 aromatic heterocycles. The summed E-state index contributed by atoms with van der Waals surface area (Å²) in [6, 6.07) is 2.44. The molecule has 0 fully saturated rings. The first kappa shape index (κ1) is 14.2. The van der Waals surface area contributed by atoms with Crippen LogP contribution in [-0.2, 0) is 10.1 Å². The molecule has 1 rings (SSSR count). The minimum absolute atomic E-state index is 0. The third-order valence-electron chi connectivity index (χ3n) is 1.64. The van der Waals surface area contributed by atoms with Gasteiger partial charge in [-0.25, -0.2) is 8.42 Å². The summed E-state index contributed by atoms with van der Waals surface area (Å²) in [5.74, 6) is 0. The van der Waals surface area contributed by atoms with Crippen molar-refractivity contribution in [1.82, 2.24) is 0 Å². The van der Waals surface area contributed by atoms with Crippen LogP contribution in [0.5, 0.6) is 0 Å². The molecule has 0 amide bonds. The molecule has 7 heteroatoms. The van der Waals surface area contributed by atoms with Crippen molar-refractivity contribution in [1.29, 1.82) is 0 Å². The molecule has 0 saturated carbocycles. The Labute approximate surface area is 109 Å². The molecule has 0 atom stereocenters. The van der Waals surface area contributed by atoms with E-state index in [0.29, 0.717) is 0 Å². The minimum Gasteiger partial charge on any atom is -0.744 e. The SMILES string of the molecule is Cc1c(S(=O)(=O)[O-])ccc(N)c1Cl.[Na+]. The zero-order valence-corrected chi connectivity index (χ0v) is 11.3. The molecule has 72 valence electrons. The largest absolute Gasteiger partial charge is 1.00 e. The maximum absolute atomic E-state index is 10.7. The van der Waals surface area contributed by atoms with Gasteiger partial charge in [0, 0.05) is 0 Å². The summed E-state index contributed by atoms with van der Waals surface area (Å²) >= 11 is 5.66. The molecule has 0 bridgehead atoms. The van der Waals surface area contributed by atoms with Gasteiger partial charge in [-0.3, -0.25) is 0 Å². The predicted octanol–water partition coefficient (Wildman–Crippen LogP) is -1.86. The van der Waals surface area contributed by atoms with Crippen molar-refractivity contribution in [3.05, 3.63) is 22.7 Å². The maximum atomic E-state index is 10.7. The molecule has 0 aliphatic heterocycles. The number of anilines is 1. The predicted molar refractivity (Wildman–Crippen MR) is 48.6 cm³/mol. The summed E-state index contributed by atoms with van der Waals surface area (Å²) in [7, 11) is -4.46. The van der Waals surface area contributed by atoms with Gasteiger partial charge in [0.15, 0.2) is 0 Å². The van der Waals surface area contributed by atoms with Crippen LogP contribution in [0.4, 0.5) is 5.69 Å². The van der Waals surface area contributed by atoms with Gasteiger partial charge in [0.1, 0.15) is 10.1 Å². The Morgan fingerprint density at radius 3 is 2.36 bits per heavy atom. The van der Waals surface area contributed by atoms with E-state index in [2.05, 4.69) is 0 Å². The van der Waals surface area contributed by atoms with Crippen LogP contribution in [0.25, 0.3) is 0 Å². The molecule has 0 radical (unpaired) electrons. The van der Waals surface area contributed by atoms with E-state index in [1.807, 2.05) is 0 Å². The third kappa shape index (κ3) is 2.85. The molecule has 0 aliphatic carbocycles. The Morgan fingerprint density at radius 2 is 1.93 bits per heavy atom. The Balaban J connectivity index is 0.00000169. The fraction of sp³-hybridized carbons (Fsp3) is 0.143. The number of rotatable bonds is 1. The van der Waals surface area contributed by atoms with Crippen molar-refractivity contribution >= 4 is 27.4 Å². The van der Waals surface area contributed by atoms with E-state index in [0.717, 1.165) is 6.07 Å². The van der Waals surface area contributed by atoms with Gasteiger partial charge in [-0.1, -0.05) is 11.6 Å². The van der Waals surface area contributed by atoms with E-state index in [4.69, 9.17) is 17.3 Å². The smallest absolute Gasteiger partial charge is 0.744 e. The van der Waals surface area contributed by atoms with Crippen LogP contribution in [0.15, 0.2) is 17.0 Å². The van der Waals surface area contributed by atoms with E-state index < -0.39 is 10.1 Å². The number of benzene rings is 1. The maximum Gasteiger partial charge on any atom is 1.00 e. The molecular weight excluding hydrogens is 237 g/mol. The Morgan fingerprint density at radius 1 is 1.43 bits per heavy atom. The first-order chi connectivity index (χ1) is 5.84. The molecule has 0 spiro atoms. The fourth-order valence-corrected chi connectivity index (χ4v) is 1.89. The summed E-state index contributed by atoms with van der Waals surface area (Å²) < 4.78 is 32.0. The summed E-state index contributed by atoms with van der Waals surface area (Å²) in [6.07, 6.45) is 0. The van der Waals surface area contributed by atoms with Crippen LogP contribution in [0.1, 0.15) is 5.56 Å². The standard InChI is InChI=1S/C7H8ClNO3S.Na/c1-4-6(13(10,11)12)3-2-5(9)7(4)8;/h2-3H,9H2,1H3,(H,10,11,12);/q;+1/p-1. The summed E-state index contributed by atoms with van der Waals surface area (Å²) in [4.78, 5) is -0.327. The molecule has 0 aliphatic rings. The van der Waals surface area contributed by atoms with E-state index in [9.17, 15) is 13.0 Å². The Kier molecular flexibility index (Phi) is 4.90. The van der Waals surface area contributed by atoms with Gasteiger partial charge in [-0.05, 0) is 24.6 Å². The summed E-state index contributed by atoms with van der Waals surface area (Å²) in [6.45, 7) is 1.43. The Hall–Kier alpha value is 0.220. The molecule has 14 heavy (non-hydrogen) atoms. The second-order valence-electron chi connectivity index (χ2n) is 2.55. The number of halogens is 1. The quantitative estimate of drug-likeness (QED) is 0.356. The van der Waals surface area contributed by atoms with E-state index in [1.54, 1.807) is 0 Å². The van der Waals surface area contributed by atoms with Gasteiger partial charge in [0.25, 0.3) is 0 Å². The van der Waals surface area contributed by atoms with Crippen molar-refractivity contribution in [3.63, 3.8) is 0 Å². The average Bonchev–Trinajstić information content (AvgIpc) is 1.98. The molecule has 1 aromatic rings. The van der Waals surface area contributed by atoms with Crippen LogP contribution < -0.4 is 35.3 Å². The molecular formula is C7H7ClNNaO3S. The molecule has 0 saturated heterocycles. The van der Waals surface area contributed by atoms with Crippen molar-refractivity contribution in [2.75, 3.05) is 5.73 Å². The monoisotopic (exact) mass is 243 g/mol. The zero-order valence-electron chi connectivity index (χ0n) is 7.74. The summed E-state index contributed by atoms with van der Waals surface area (Å²) in [5.41, 5.74) is 5.85. The van der Waals surface area contributed by atoms with Gasteiger partial charge in [0.05, 0.1) is 15.6 Å². The van der Waals surface area contributed by atoms with Crippen LogP contribution >= 0.6 is 11.6 Å². The van der Waals surface area contributed by atoms with E-state index in [1.165, 1.54) is 13.0 Å². The van der Waals surface area contributed by atoms with Gasteiger partial charge >= 0.3 is 29.6 Å². The molecule has 0 heterocycles. The second-order valence-corrected chi connectivity index (χ2v) is 4.27. The van der Waals surface area contributed by atoms with Crippen LogP contribution in [0.3, 0.4) is 0 Å². The topological polar surface area (TPSA) is 83.2 Å². The third-order valence-corrected chi connectivity index (χ3v) is 3.12. The number of nitrogen functional groups attached to an aromatic ring is 1. The van der Waals surface area contributed by atoms with Crippen molar-refractivity contribution in [2.45, 2.75) is 11.8 Å². The molecule has 4 nitrogen and oxygen atoms in total.